The van der Waals surface area contributed by atoms with Gasteiger partial charge in [0.15, 0.2) is 0 Å². The van der Waals surface area contributed by atoms with Crippen molar-refractivity contribution in [3.8, 4) is 17.0 Å². The zero-order valence-electron chi connectivity index (χ0n) is 15.9. The number of nitrogens with zero attached hydrogens (tertiary/aromatic N) is 3. The summed E-state index contributed by atoms with van der Waals surface area (Å²) < 4.78 is 34.8. The first kappa shape index (κ1) is 20.0. The van der Waals surface area contributed by atoms with E-state index in [0.717, 1.165) is 11.3 Å². The molecule has 0 amide bonds. The molecule has 148 valence electrons. The van der Waals surface area contributed by atoms with Crippen molar-refractivity contribution in [3.63, 3.8) is 0 Å². The third kappa shape index (κ3) is 5.40. The lowest BCUT2D eigenvalue weighted by molar-refractivity contribution is 0.271. The van der Waals surface area contributed by atoms with Gasteiger partial charge in [0, 0.05) is 30.7 Å². The van der Waals surface area contributed by atoms with E-state index in [1.165, 1.54) is 0 Å². The zero-order chi connectivity index (χ0) is 20.0. The van der Waals surface area contributed by atoms with Crippen LogP contribution in [-0.4, -0.2) is 36.3 Å². The molecule has 0 unspecified atom stereocenters. The molecule has 2 heterocycles. The molecular formula is C20H24N4O3S. The zero-order valence-corrected chi connectivity index (χ0v) is 16.8. The molecule has 0 aliphatic rings. The summed E-state index contributed by atoms with van der Waals surface area (Å²) in [7, 11) is -3.58. The summed E-state index contributed by atoms with van der Waals surface area (Å²) in [6.45, 7) is 5.38. The number of aromatic nitrogens is 3. The predicted molar refractivity (Wildman–Crippen MR) is 107 cm³/mol. The van der Waals surface area contributed by atoms with E-state index >= 15 is 0 Å². The maximum Gasteiger partial charge on any atom is 0.240 e. The molecule has 0 aliphatic carbocycles. The number of sulfonamides is 1. The van der Waals surface area contributed by atoms with Gasteiger partial charge < -0.3 is 4.74 Å². The minimum Gasteiger partial charge on any atom is -0.493 e. The Hall–Kier alpha value is -2.71. The third-order valence-corrected chi connectivity index (χ3v) is 5.44. The predicted octanol–water partition coefficient (Wildman–Crippen LogP) is 2.96. The fourth-order valence-corrected chi connectivity index (χ4v) is 3.54. The van der Waals surface area contributed by atoms with Gasteiger partial charge in [-0.25, -0.2) is 13.1 Å². The minimum absolute atomic E-state index is 0.210. The highest BCUT2D eigenvalue weighted by Gasteiger charge is 2.13. The highest BCUT2D eigenvalue weighted by Crippen LogP contribution is 2.17. The average molecular weight is 401 g/mol. The van der Waals surface area contributed by atoms with Crippen LogP contribution in [0.4, 0.5) is 0 Å². The van der Waals surface area contributed by atoms with Gasteiger partial charge in [-0.15, -0.1) is 0 Å². The van der Waals surface area contributed by atoms with Crippen molar-refractivity contribution in [2.24, 2.45) is 5.92 Å². The van der Waals surface area contributed by atoms with Crippen molar-refractivity contribution in [1.29, 1.82) is 0 Å². The Kier molecular flexibility index (Phi) is 6.43. The third-order valence-electron chi connectivity index (χ3n) is 3.97. The van der Waals surface area contributed by atoms with Gasteiger partial charge in [-0.05, 0) is 48.4 Å². The number of benzene rings is 1. The van der Waals surface area contributed by atoms with E-state index in [1.807, 2.05) is 24.4 Å². The van der Waals surface area contributed by atoms with E-state index in [4.69, 9.17) is 4.74 Å². The monoisotopic (exact) mass is 400 g/mol. The number of hydrogen-bond donors (Lipinski definition) is 1. The Morgan fingerprint density at radius 1 is 1.07 bits per heavy atom. The van der Waals surface area contributed by atoms with Crippen molar-refractivity contribution < 1.29 is 13.2 Å². The van der Waals surface area contributed by atoms with Crippen LogP contribution in [-0.2, 0) is 16.6 Å². The molecule has 3 aromatic rings. The summed E-state index contributed by atoms with van der Waals surface area (Å²) in [5.74, 6) is 1.07. The van der Waals surface area contributed by atoms with Crippen LogP contribution in [0, 0.1) is 5.92 Å². The van der Waals surface area contributed by atoms with E-state index < -0.39 is 10.0 Å². The van der Waals surface area contributed by atoms with Gasteiger partial charge in [0.2, 0.25) is 10.0 Å². The van der Waals surface area contributed by atoms with E-state index in [2.05, 4.69) is 28.7 Å². The average Bonchev–Trinajstić information content (AvgIpc) is 3.16. The van der Waals surface area contributed by atoms with Gasteiger partial charge in [-0.2, -0.15) is 5.10 Å². The second-order valence-corrected chi connectivity index (χ2v) is 8.54. The molecule has 7 nitrogen and oxygen atoms in total. The van der Waals surface area contributed by atoms with Gasteiger partial charge in [0.25, 0.3) is 0 Å². The smallest absolute Gasteiger partial charge is 0.240 e. The van der Waals surface area contributed by atoms with Crippen molar-refractivity contribution in [2.45, 2.75) is 25.3 Å². The molecule has 8 heteroatoms. The van der Waals surface area contributed by atoms with E-state index in [0.29, 0.717) is 24.8 Å². The summed E-state index contributed by atoms with van der Waals surface area (Å²) >= 11 is 0. The largest absolute Gasteiger partial charge is 0.493 e. The van der Waals surface area contributed by atoms with E-state index in [-0.39, 0.29) is 11.4 Å². The van der Waals surface area contributed by atoms with E-state index in [1.54, 1.807) is 41.3 Å². The maximum atomic E-state index is 12.4. The SMILES string of the molecule is CC(C)COc1ccc(S(=O)(=O)NCCn2ccc(-c3ccncc3)n2)cc1. The van der Waals surface area contributed by atoms with Gasteiger partial charge in [-0.1, -0.05) is 13.8 Å². The molecule has 1 aromatic carbocycles. The van der Waals surface area contributed by atoms with Crippen LogP contribution in [0.1, 0.15) is 13.8 Å². The summed E-state index contributed by atoms with van der Waals surface area (Å²) in [6, 6.07) is 12.1. The first-order chi connectivity index (χ1) is 13.4. The van der Waals surface area contributed by atoms with Gasteiger partial charge in [0.1, 0.15) is 5.75 Å². The highest BCUT2D eigenvalue weighted by molar-refractivity contribution is 7.89. The number of hydrogen-bond acceptors (Lipinski definition) is 5. The normalized spacial score (nSPS) is 11.7. The lowest BCUT2D eigenvalue weighted by Gasteiger charge is -2.10. The Morgan fingerprint density at radius 2 is 1.79 bits per heavy atom. The standard InChI is InChI=1S/C20H24N4O3S/c1-16(2)15-27-18-3-5-19(6-4-18)28(25,26)22-12-14-24-13-9-20(23-24)17-7-10-21-11-8-17/h3-11,13,16,22H,12,14-15H2,1-2H3. The lowest BCUT2D eigenvalue weighted by Crippen LogP contribution is -2.27. The molecule has 0 atom stereocenters. The summed E-state index contributed by atoms with van der Waals surface area (Å²) in [4.78, 5) is 4.20. The second kappa shape index (κ2) is 8.99. The molecule has 1 N–H and O–H groups in total. The second-order valence-electron chi connectivity index (χ2n) is 6.77. The van der Waals surface area contributed by atoms with Crippen LogP contribution in [0.5, 0.6) is 5.75 Å². The fourth-order valence-electron chi connectivity index (χ4n) is 2.52. The van der Waals surface area contributed by atoms with Crippen molar-refractivity contribution >= 4 is 10.0 Å². The number of nitrogens with one attached hydrogen (secondary N) is 1. The Bertz CT molecular complexity index is 984. The Labute approximate surface area is 165 Å². The topological polar surface area (TPSA) is 86.1 Å². The Balaban J connectivity index is 1.54. The van der Waals surface area contributed by atoms with Crippen LogP contribution in [0.3, 0.4) is 0 Å². The first-order valence-electron chi connectivity index (χ1n) is 9.10. The molecule has 0 radical (unpaired) electrons. The fraction of sp³-hybridized carbons (Fsp3) is 0.300. The molecule has 0 saturated carbocycles. The van der Waals surface area contributed by atoms with Gasteiger partial charge in [0.05, 0.1) is 23.7 Å². The number of pyridine rings is 1. The lowest BCUT2D eigenvalue weighted by atomic mass is 10.2. The molecule has 0 saturated heterocycles. The van der Waals surface area contributed by atoms with Crippen LogP contribution < -0.4 is 9.46 Å². The van der Waals surface area contributed by atoms with Gasteiger partial charge in [-0.3, -0.25) is 9.67 Å². The molecule has 2 aromatic heterocycles. The molecule has 0 spiro atoms. The van der Waals surface area contributed by atoms with Crippen LogP contribution in [0.2, 0.25) is 0 Å². The van der Waals surface area contributed by atoms with E-state index in [9.17, 15) is 8.42 Å². The number of rotatable bonds is 9. The van der Waals surface area contributed by atoms with Crippen molar-refractivity contribution in [3.05, 3.63) is 61.1 Å². The summed E-state index contributed by atoms with van der Waals surface area (Å²) in [5, 5.41) is 4.46. The minimum atomic E-state index is -3.58. The molecule has 0 bridgehead atoms. The Morgan fingerprint density at radius 3 is 2.46 bits per heavy atom. The maximum absolute atomic E-state index is 12.4. The molecule has 0 fully saturated rings. The van der Waals surface area contributed by atoms with Crippen LogP contribution in [0.25, 0.3) is 11.3 Å². The summed E-state index contributed by atoms with van der Waals surface area (Å²) in [6.07, 6.45) is 5.24. The molecular weight excluding hydrogens is 376 g/mol. The molecule has 3 rings (SSSR count). The number of ether oxygens (including phenoxy) is 1. The van der Waals surface area contributed by atoms with Crippen molar-refractivity contribution in [1.82, 2.24) is 19.5 Å². The van der Waals surface area contributed by atoms with Crippen LogP contribution >= 0.6 is 0 Å². The molecule has 0 aliphatic heterocycles. The highest BCUT2D eigenvalue weighted by atomic mass is 32.2. The van der Waals surface area contributed by atoms with Gasteiger partial charge >= 0.3 is 0 Å². The van der Waals surface area contributed by atoms with Crippen LogP contribution in [0.15, 0.2) is 66.0 Å². The first-order valence-corrected chi connectivity index (χ1v) is 10.6. The quantitative estimate of drug-likeness (QED) is 0.597. The van der Waals surface area contributed by atoms with Crippen molar-refractivity contribution in [2.75, 3.05) is 13.2 Å². The summed E-state index contributed by atoms with van der Waals surface area (Å²) in [5.41, 5.74) is 1.79. The molecule has 28 heavy (non-hydrogen) atoms.